The van der Waals surface area contributed by atoms with Crippen molar-refractivity contribution in [2.75, 3.05) is 0 Å². The lowest BCUT2D eigenvalue weighted by Crippen LogP contribution is -2.18. The Morgan fingerprint density at radius 2 is 2.12 bits per heavy atom. The van der Waals surface area contributed by atoms with Crippen molar-refractivity contribution in [1.82, 2.24) is 15.0 Å². The van der Waals surface area contributed by atoms with Crippen LogP contribution in [0.15, 0.2) is 30.7 Å². The molecule has 0 amide bonds. The van der Waals surface area contributed by atoms with E-state index in [0.29, 0.717) is 5.82 Å². The SMILES string of the molecule is Cc1ccncc1-c1nccc(CC(C)N)n1. The highest BCUT2D eigenvalue weighted by Gasteiger charge is 2.06. The van der Waals surface area contributed by atoms with E-state index in [9.17, 15) is 0 Å². The highest BCUT2D eigenvalue weighted by molar-refractivity contribution is 5.57. The van der Waals surface area contributed by atoms with E-state index >= 15 is 0 Å². The van der Waals surface area contributed by atoms with Crippen LogP contribution in [-0.4, -0.2) is 21.0 Å². The summed E-state index contributed by atoms with van der Waals surface area (Å²) in [4.78, 5) is 12.9. The third kappa shape index (κ3) is 2.85. The summed E-state index contributed by atoms with van der Waals surface area (Å²) in [5.41, 5.74) is 8.83. The van der Waals surface area contributed by atoms with Gasteiger partial charge in [-0.05, 0) is 31.5 Å². The van der Waals surface area contributed by atoms with E-state index in [1.165, 1.54) is 0 Å². The van der Waals surface area contributed by atoms with Crippen molar-refractivity contribution in [1.29, 1.82) is 0 Å². The molecule has 4 heteroatoms. The number of aromatic nitrogens is 3. The summed E-state index contributed by atoms with van der Waals surface area (Å²) < 4.78 is 0. The molecule has 2 aromatic heterocycles. The number of nitrogens with two attached hydrogens (primary N) is 1. The van der Waals surface area contributed by atoms with E-state index < -0.39 is 0 Å². The molecule has 88 valence electrons. The van der Waals surface area contributed by atoms with Gasteiger partial charge in [-0.15, -0.1) is 0 Å². The van der Waals surface area contributed by atoms with Crippen LogP contribution in [-0.2, 0) is 6.42 Å². The number of hydrogen-bond donors (Lipinski definition) is 1. The Bertz CT molecular complexity index is 508. The molecule has 0 radical (unpaired) electrons. The predicted molar refractivity (Wildman–Crippen MR) is 67.4 cm³/mol. The first-order chi connectivity index (χ1) is 8.16. The Balaban J connectivity index is 2.37. The molecular weight excluding hydrogens is 212 g/mol. The van der Waals surface area contributed by atoms with Gasteiger partial charge in [-0.1, -0.05) is 0 Å². The first-order valence-corrected chi connectivity index (χ1v) is 5.65. The zero-order valence-corrected chi connectivity index (χ0v) is 10.1. The summed E-state index contributed by atoms with van der Waals surface area (Å²) in [5.74, 6) is 0.716. The molecule has 1 atom stereocenters. The molecule has 0 fully saturated rings. The minimum absolute atomic E-state index is 0.104. The van der Waals surface area contributed by atoms with Gasteiger partial charge < -0.3 is 5.73 Å². The number of hydrogen-bond acceptors (Lipinski definition) is 4. The van der Waals surface area contributed by atoms with Crippen LogP contribution in [0.4, 0.5) is 0 Å². The zero-order chi connectivity index (χ0) is 12.3. The normalized spacial score (nSPS) is 12.4. The van der Waals surface area contributed by atoms with Crippen LogP contribution in [0.5, 0.6) is 0 Å². The third-order valence-electron chi connectivity index (χ3n) is 2.52. The fraction of sp³-hybridized carbons (Fsp3) is 0.308. The molecule has 0 saturated carbocycles. The Morgan fingerprint density at radius 1 is 1.29 bits per heavy atom. The van der Waals surface area contributed by atoms with Crippen molar-refractivity contribution in [2.24, 2.45) is 5.73 Å². The fourth-order valence-electron chi connectivity index (χ4n) is 1.67. The van der Waals surface area contributed by atoms with Gasteiger partial charge in [-0.25, -0.2) is 9.97 Å². The van der Waals surface area contributed by atoms with E-state index in [2.05, 4.69) is 15.0 Å². The second kappa shape index (κ2) is 5.01. The van der Waals surface area contributed by atoms with E-state index in [1.807, 2.05) is 26.0 Å². The maximum Gasteiger partial charge on any atom is 0.161 e. The summed E-state index contributed by atoms with van der Waals surface area (Å²) in [6, 6.07) is 3.96. The molecule has 2 N–H and O–H groups in total. The number of aryl methyl sites for hydroxylation is 1. The highest BCUT2D eigenvalue weighted by atomic mass is 14.9. The molecule has 0 aliphatic carbocycles. The Labute approximate surface area is 101 Å². The quantitative estimate of drug-likeness (QED) is 0.869. The van der Waals surface area contributed by atoms with Crippen LogP contribution in [0.3, 0.4) is 0 Å². The maximum absolute atomic E-state index is 5.77. The van der Waals surface area contributed by atoms with Crippen LogP contribution in [0.2, 0.25) is 0 Å². The highest BCUT2D eigenvalue weighted by Crippen LogP contribution is 2.17. The summed E-state index contributed by atoms with van der Waals surface area (Å²) in [6.07, 6.45) is 6.09. The monoisotopic (exact) mass is 228 g/mol. The maximum atomic E-state index is 5.77. The van der Waals surface area contributed by atoms with E-state index in [1.54, 1.807) is 18.6 Å². The molecule has 17 heavy (non-hydrogen) atoms. The summed E-state index contributed by atoms with van der Waals surface area (Å²) >= 11 is 0. The molecule has 0 aliphatic heterocycles. The van der Waals surface area contributed by atoms with Gasteiger partial charge >= 0.3 is 0 Å². The molecule has 0 spiro atoms. The van der Waals surface area contributed by atoms with Crippen molar-refractivity contribution in [3.63, 3.8) is 0 Å². The molecular formula is C13H16N4. The summed E-state index contributed by atoms with van der Waals surface area (Å²) in [7, 11) is 0. The van der Waals surface area contributed by atoms with E-state index in [-0.39, 0.29) is 6.04 Å². The second-order valence-electron chi connectivity index (χ2n) is 4.24. The zero-order valence-electron chi connectivity index (χ0n) is 10.1. The Morgan fingerprint density at radius 3 is 2.82 bits per heavy atom. The smallest absolute Gasteiger partial charge is 0.161 e. The van der Waals surface area contributed by atoms with Crippen LogP contribution in [0.25, 0.3) is 11.4 Å². The Hall–Kier alpha value is -1.81. The van der Waals surface area contributed by atoms with Crippen LogP contribution in [0.1, 0.15) is 18.2 Å². The molecule has 0 aromatic carbocycles. The van der Waals surface area contributed by atoms with Gasteiger partial charge in [0.1, 0.15) is 0 Å². The van der Waals surface area contributed by atoms with Gasteiger partial charge in [0.25, 0.3) is 0 Å². The van der Waals surface area contributed by atoms with E-state index in [4.69, 9.17) is 5.73 Å². The fourth-order valence-corrected chi connectivity index (χ4v) is 1.67. The first kappa shape index (κ1) is 11.7. The third-order valence-corrected chi connectivity index (χ3v) is 2.52. The lowest BCUT2D eigenvalue weighted by atomic mass is 10.1. The van der Waals surface area contributed by atoms with Gasteiger partial charge in [-0.3, -0.25) is 4.98 Å². The van der Waals surface area contributed by atoms with Gasteiger partial charge in [0.2, 0.25) is 0 Å². The van der Waals surface area contributed by atoms with Crippen molar-refractivity contribution in [3.05, 3.63) is 42.0 Å². The molecule has 0 saturated heterocycles. The van der Waals surface area contributed by atoms with Crippen molar-refractivity contribution >= 4 is 0 Å². The Kier molecular flexibility index (Phi) is 3.44. The van der Waals surface area contributed by atoms with Crippen LogP contribution >= 0.6 is 0 Å². The van der Waals surface area contributed by atoms with Crippen LogP contribution in [0, 0.1) is 6.92 Å². The van der Waals surface area contributed by atoms with Gasteiger partial charge in [0, 0.05) is 42.3 Å². The number of rotatable bonds is 3. The minimum atomic E-state index is 0.104. The van der Waals surface area contributed by atoms with Gasteiger partial charge in [-0.2, -0.15) is 0 Å². The predicted octanol–water partition coefficient (Wildman–Crippen LogP) is 1.74. The standard InChI is InChI=1S/C13H16N4/c1-9-3-5-15-8-12(9)13-16-6-4-11(17-13)7-10(2)14/h3-6,8,10H,7,14H2,1-2H3. The molecule has 4 nitrogen and oxygen atoms in total. The summed E-state index contributed by atoms with van der Waals surface area (Å²) in [5, 5.41) is 0. The molecule has 2 heterocycles. The average molecular weight is 228 g/mol. The largest absolute Gasteiger partial charge is 0.328 e. The topological polar surface area (TPSA) is 64.7 Å². The molecule has 2 rings (SSSR count). The molecule has 2 aromatic rings. The van der Waals surface area contributed by atoms with Crippen LogP contribution < -0.4 is 5.73 Å². The van der Waals surface area contributed by atoms with Gasteiger partial charge in [0.15, 0.2) is 5.82 Å². The van der Waals surface area contributed by atoms with Gasteiger partial charge in [0.05, 0.1) is 0 Å². The molecule has 0 aliphatic rings. The molecule has 1 unspecified atom stereocenters. The second-order valence-corrected chi connectivity index (χ2v) is 4.24. The minimum Gasteiger partial charge on any atom is -0.328 e. The molecule has 0 bridgehead atoms. The lowest BCUT2D eigenvalue weighted by molar-refractivity contribution is 0.720. The van der Waals surface area contributed by atoms with Crippen molar-refractivity contribution in [2.45, 2.75) is 26.3 Å². The van der Waals surface area contributed by atoms with Crippen molar-refractivity contribution < 1.29 is 0 Å². The van der Waals surface area contributed by atoms with E-state index in [0.717, 1.165) is 23.2 Å². The lowest BCUT2D eigenvalue weighted by Gasteiger charge is -2.07. The first-order valence-electron chi connectivity index (χ1n) is 5.65. The summed E-state index contributed by atoms with van der Waals surface area (Å²) in [6.45, 7) is 4.00. The average Bonchev–Trinajstić information content (AvgIpc) is 2.29. The number of nitrogens with zero attached hydrogens (tertiary/aromatic N) is 3. The number of pyridine rings is 1. The van der Waals surface area contributed by atoms with Crippen molar-refractivity contribution in [3.8, 4) is 11.4 Å².